The quantitative estimate of drug-likeness (QED) is 0.288. The average molecular weight is 507 g/mol. The Labute approximate surface area is 184 Å². The number of rotatable bonds is 8. The molecule has 0 radical (unpaired) electrons. The van der Waals surface area contributed by atoms with E-state index < -0.39 is 5.41 Å². The molecular weight excluding hydrogens is 473 g/mol. The molecule has 1 fully saturated rings. The van der Waals surface area contributed by atoms with Crippen LogP contribution in [0.4, 0.5) is 0 Å². The lowest BCUT2D eigenvalue weighted by molar-refractivity contribution is -0.128. The minimum absolute atomic E-state index is 0. The van der Waals surface area contributed by atoms with Gasteiger partial charge in [-0.05, 0) is 58.1 Å². The molecule has 1 aliphatic rings. The Morgan fingerprint density at radius 2 is 2.04 bits per heavy atom. The molecule has 0 saturated carbocycles. The van der Waals surface area contributed by atoms with Crippen molar-refractivity contribution in [2.24, 2.45) is 10.4 Å². The van der Waals surface area contributed by atoms with Crippen LogP contribution >= 0.6 is 35.3 Å². The number of amides is 1. The van der Waals surface area contributed by atoms with Crippen LogP contribution in [0.3, 0.4) is 0 Å². The Morgan fingerprint density at radius 1 is 1.33 bits per heavy atom. The van der Waals surface area contributed by atoms with Gasteiger partial charge in [0.1, 0.15) is 0 Å². The van der Waals surface area contributed by atoms with Crippen molar-refractivity contribution in [3.05, 3.63) is 22.4 Å². The van der Waals surface area contributed by atoms with Crippen molar-refractivity contribution in [3.8, 4) is 0 Å². The van der Waals surface area contributed by atoms with Crippen LogP contribution in [0.1, 0.15) is 44.5 Å². The molecule has 1 amide bonds. The van der Waals surface area contributed by atoms with Crippen LogP contribution in [0, 0.1) is 5.41 Å². The fourth-order valence-electron chi connectivity index (χ4n) is 3.17. The number of hydrogen-bond acceptors (Lipinski definition) is 4. The maximum absolute atomic E-state index is 12.0. The van der Waals surface area contributed by atoms with E-state index in [-0.39, 0.29) is 29.9 Å². The highest BCUT2D eigenvalue weighted by Gasteiger charge is 2.27. The van der Waals surface area contributed by atoms with E-state index in [9.17, 15) is 4.79 Å². The smallest absolute Gasteiger partial charge is 0.227 e. The molecule has 6 nitrogen and oxygen atoms in total. The maximum atomic E-state index is 12.0. The van der Waals surface area contributed by atoms with E-state index in [1.807, 2.05) is 25.2 Å². The molecule has 2 rings (SSSR count). The zero-order valence-corrected chi connectivity index (χ0v) is 20.0. The highest BCUT2D eigenvalue weighted by Crippen LogP contribution is 2.27. The van der Waals surface area contributed by atoms with Crippen LogP contribution in [0.15, 0.2) is 22.5 Å². The Bertz CT molecular complexity index is 585. The third-order valence-corrected chi connectivity index (χ3v) is 5.71. The number of halogens is 1. The van der Waals surface area contributed by atoms with E-state index in [1.54, 1.807) is 7.05 Å². The first-order chi connectivity index (χ1) is 12.5. The van der Waals surface area contributed by atoms with Crippen molar-refractivity contribution in [2.75, 3.05) is 39.8 Å². The van der Waals surface area contributed by atoms with E-state index in [0.717, 1.165) is 32.1 Å². The second-order valence-corrected chi connectivity index (χ2v) is 8.29. The second kappa shape index (κ2) is 11.9. The summed E-state index contributed by atoms with van der Waals surface area (Å²) in [5, 5.41) is 11.6. The van der Waals surface area contributed by atoms with Gasteiger partial charge in [0.2, 0.25) is 5.91 Å². The predicted octanol–water partition coefficient (Wildman–Crippen LogP) is 2.83. The number of nitrogens with zero attached hydrogens (tertiary/aromatic N) is 2. The standard InChI is InChI=1S/C19H33N5OS.HI/c1-5-21-18(23-14-19(2,3)17(25)20-4)22-13-15(16-9-8-12-26-16)24-10-6-7-11-24;/h8-9,12,15H,5-7,10-11,13-14H2,1-4H3,(H,20,25)(H2,21,22,23);1H. The zero-order chi connectivity index (χ0) is 19.0. The summed E-state index contributed by atoms with van der Waals surface area (Å²) >= 11 is 1.81. The highest BCUT2D eigenvalue weighted by molar-refractivity contribution is 14.0. The molecule has 0 spiro atoms. The van der Waals surface area contributed by atoms with Crippen molar-refractivity contribution < 1.29 is 4.79 Å². The lowest BCUT2D eigenvalue weighted by Crippen LogP contribution is -2.44. The number of thiophene rings is 1. The molecule has 1 aliphatic heterocycles. The Balaban J connectivity index is 0.00000364. The SMILES string of the molecule is CCNC(=NCC(C)(C)C(=O)NC)NCC(c1cccs1)N1CCCC1.I. The second-order valence-electron chi connectivity index (χ2n) is 7.31. The van der Waals surface area contributed by atoms with Crippen LogP contribution in [0.25, 0.3) is 0 Å². The van der Waals surface area contributed by atoms with Crippen LogP contribution < -0.4 is 16.0 Å². The third kappa shape index (κ3) is 7.23. The summed E-state index contributed by atoms with van der Waals surface area (Å²) < 4.78 is 0. The molecule has 2 heterocycles. The van der Waals surface area contributed by atoms with E-state index in [1.165, 1.54) is 17.7 Å². The van der Waals surface area contributed by atoms with Crippen molar-refractivity contribution in [3.63, 3.8) is 0 Å². The minimum Gasteiger partial charge on any atom is -0.359 e. The van der Waals surface area contributed by atoms with Crippen LogP contribution in [-0.4, -0.2) is 56.5 Å². The van der Waals surface area contributed by atoms with Gasteiger partial charge in [0.25, 0.3) is 0 Å². The Hall–Kier alpha value is -0.870. The topological polar surface area (TPSA) is 68.8 Å². The van der Waals surface area contributed by atoms with Gasteiger partial charge in [-0.1, -0.05) is 6.07 Å². The number of aliphatic imine (C=N–C) groups is 1. The summed E-state index contributed by atoms with van der Waals surface area (Å²) in [4.78, 5) is 20.6. The summed E-state index contributed by atoms with van der Waals surface area (Å²) in [5.74, 6) is 0.774. The summed E-state index contributed by atoms with van der Waals surface area (Å²) in [6.45, 7) is 10.2. The largest absolute Gasteiger partial charge is 0.359 e. The number of guanidine groups is 1. The Kier molecular flexibility index (Phi) is 10.6. The van der Waals surface area contributed by atoms with Gasteiger partial charge >= 0.3 is 0 Å². The normalized spacial score (nSPS) is 16.5. The average Bonchev–Trinajstić information content (AvgIpc) is 3.33. The summed E-state index contributed by atoms with van der Waals surface area (Å²) in [5.41, 5.74) is -0.529. The number of hydrogen-bond donors (Lipinski definition) is 3. The maximum Gasteiger partial charge on any atom is 0.227 e. The van der Waals surface area contributed by atoms with Gasteiger partial charge in [0.05, 0.1) is 18.0 Å². The molecular formula is C19H34IN5OS. The first-order valence-corrected chi connectivity index (χ1v) is 10.4. The van der Waals surface area contributed by atoms with Crippen LogP contribution in [-0.2, 0) is 4.79 Å². The molecule has 0 aliphatic carbocycles. The lowest BCUT2D eigenvalue weighted by atomic mass is 9.93. The van der Waals surface area contributed by atoms with Gasteiger partial charge in [-0.15, -0.1) is 35.3 Å². The lowest BCUT2D eigenvalue weighted by Gasteiger charge is -2.28. The van der Waals surface area contributed by atoms with E-state index in [4.69, 9.17) is 0 Å². The molecule has 0 aromatic carbocycles. The molecule has 1 atom stereocenters. The third-order valence-electron chi connectivity index (χ3n) is 4.73. The number of nitrogens with one attached hydrogen (secondary N) is 3. The molecule has 1 saturated heterocycles. The zero-order valence-electron chi connectivity index (χ0n) is 16.9. The molecule has 1 aromatic rings. The molecule has 154 valence electrons. The summed E-state index contributed by atoms with van der Waals surface area (Å²) in [6, 6.07) is 4.70. The van der Waals surface area contributed by atoms with Gasteiger partial charge < -0.3 is 16.0 Å². The summed E-state index contributed by atoms with van der Waals surface area (Å²) in [7, 11) is 1.67. The molecule has 3 N–H and O–H groups in total. The number of carbonyl (C=O) groups is 1. The first-order valence-electron chi connectivity index (χ1n) is 9.49. The molecule has 27 heavy (non-hydrogen) atoms. The van der Waals surface area contributed by atoms with Gasteiger partial charge in [-0.25, -0.2) is 0 Å². The predicted molar refractivity (Wildman–Crippen MR) is 125 cm³/mol. The van der Waals surface area contributed by atoms with Crippen LogP contribution in [0.2, 0.25) is 0 Å². The van der Waals surface area contributed by atoms with Crippen molar-refractivity contribution in [1.82, 2.24) is 20.9 Å². The molecule has 8 heteroatoms. The molecule has 0 bridgehead atoms. The highest BCUT2D eigenvalue weighted by atomic mass is 127. The molecule has 1 aromatic heterocycles. The van der Waals surface area contributed by atoms with Gasteiger partial charge in [0, 0.05) is 25.0 Å². The number of likely N-dealkylation sites (tertiary alicyclic amines) is 1. The van der Waals surface area contributed by atoms with Gasteiger partial charge in [0.15, 0.2) is 5.96 Å². The monoisotopic (exact) mass is 507 g/mol. The minimum atomic E-state index is -0.529. The van der Waals surface area contributed by atoms with Crippen molar-refractivity contribution >= 4 is 47.2 Å². The first kappa shape index (κ1) is 24.2. The Morgan fingerprint density at radius 3 is 2.59 bits per heavy atom. The van der Waals surface area contributed by atoms with Crippen molar-refractivity contribution in [2.45, 2.75) is 39.7 Å². The van der Waals surface area contributed by atoms with Gasteiger partial charge in [-0.3, -0.25) is 14.7 Å². The molecule has 1 unspecified atom stereocenters. The van der Waals surface area contributed by atoms with Gasteiger partial charge in [-0.2, -0.15) is 0 Å². The number of carbonyl (C=O) groups excluding carboxylic acids is 1. The van der Waals surface area contributed by atoms with Crippen molar-refractivity contribution in [1.29, 1.82) is 0 Å². The fourth-order valence-corrected chi connectivity index (χ4v) is 4.03. The van der Waals surface area contributed by atoms with E-state index in [0.29, 0.717) is 12.6 Å². The van der Waals surface area contributed by atoms with Crippen LogP contribution in [0.5, 0.6) is 0 Å². The summed E-state index contributed by atoms with van der Waals surface area (Å²) in [6.07, 6.45) is 2.55. The fraction of sp³-hybridized carbons (Fsp3) is 0.684. The van der Waals surface area contributed by atoms with E-state index in [2.05, 4.69) is 50.3 Å². The van der Waals surface area contributed by atoms with E-state index >= 15 is 0 Å².